The van der Waals surface area contributed by atoms with Crippen molar-refractivity contribution in [3.05, 3.63) is 0 Å². The van der Waals surface area contributed by atoms with Gasteiger partial charge in [-0.25, -0.2) is 0 Å². The lowest BCUT2D eigenvalue weighted by molar-refractivity contribution is 0.104. The van der Waals surface area contributed by atoms with Gasteiger partial charge in [0.05, 0.1) is 6.10 Å². The van der Waals surface area contributed by atoms with E-state index in [1.807, 2.05) is 0 Å². The summed E-state index contributed by atoms with van der Waals surface area (Å²) in [4.78, 5) is 0. The molecule has 1 heterocycles. The van der Waals surface area contributed by atoms with Crippen molar-refractivity contribution in [2.24, 2.45) is 17.6 Å². The molecule has 0 aromatic rings. The molecule has 84 valence electrons. The molecule has 0 radical (unpaired) electrons. The van der Waals surface area contributed by atoms with E-state index in [1.54, 1.807) is 0 Å². The SMILES string of the molecule is CC(C)C(CN)NCC1CCOC1C. The first-order valence-corrected chi connectivity index (χ1v) is 5.70. The third kappa shape index (κ3) is 3.23. The smallest absolute Gasteiger partial charge is 0.0588 e. The summed E-state index contributed by atoms with van der Waals surface area (Å²) in [6.45, 7) is 9.26. The largest absolute Gasteiger partial charge is 0.378 e. The van der Waals surface area contributed by atoms with Gasteiger partial charge in [0.2, 0.25) is 0 Å². The lowest BCUT2D eigenvalue weighted by Gasteiger charge is -2.23. The Balaban J connectivity index is 2.24. The highest BCUT2D eigenvalue weighted by Gasteiger charge is 2.24. The molecule has 1 aliphatic heterocycles. The Bertz CT molecular complexity index is 159. The predicted octanol–water partition coefficient (Wildman–Crippen LogP) is 0.984. The van der Waals surface area contributed by atoms with E-state index in [0.717, 1.165) is 19.7 Å². The summed E-state index contributed by atoms with van der Waals surface area (Å²) in [7, 11) is 0. The van der Waals surface area contributed by atoms with Gasteiger partial charge in [-0.1, -0.05) is 13.8 Å². The van der Waals surface area contributed by atoms with Gasteiger partial charge in [0.15, 0.2) is 0 Å². The van der Waals surface area contributed by atoms with Crippen LogP contribution in [0, 0.1) is 11.8 Å². The summed E-state index contributed by atoms with van der Waals surface area (Å²) in [5, 5.41) is 3.54. The fourth-order valence-electron chi connectivity index (χ4n) is 1.94. The molecule has 0 spiro atoms. The minimum atomic E-state index is 0.410. The zero-order chi connectivity index (χ0) is 10.6. The molecule has 3 N–H and O–H groups in total. The molecule has 1 saturated heterocycles. The first-order chi connectivity index (χ1) is 6.65. The molecule has 0 amide bonds. The Morgan fingerprint density at radius 1 is 1.50 bits per heavy atom. The van der Waals surface area contributed by atoms with Crippen LogP contribution in [0.2, 0.25) is 0 Å². The summed E-state index contributed by atoms with van der Waals surface area (Å²) in [5.41, 5.74) is 5.70. The van der Waals surface area contributed by atoms with E-state index in [1.165, 1.54) is 6.42 Å². The number of nitrogens with one attached hydrogen (secondary N) is 1. The standard InChI is InChI=1S/C11H24N2O/c1-8(2)11(6-12)13-7-10-4-5-14-9(10)3/h8-11,13H,4-7,12H2,1-3H3. The number of ether oxygens (including phenoxy) is 1. The van der Waals surface area contributed by atoms with Crippen LogP contribution in [0.15, 0.2) is 0 Å². The lowest BCUT2D eigenvalue weighted by atomic mass is 10.00. The molecule has 1 rings (SSSR count). The molecule has 0 aliphatic carbocycles. The summed E-state index contributed by atoms with van der Waals surface area (Å²) < 4.78 is 5.52. The molecule has 14 heavy (non-hydrogen) atoms. The first-order valence-electron chi connectivity index (χ1n) is 5.70. The van der Waals surface area contributed by atoms with E-state index in [0.29, 0.717) is 24.0 Å². The molecule has 0 aromatic heterocycles. The van der Waals surface area contributed by atoms with Crippen LogP contribution in [0.4, 0.5) is 0 Å². The van der Waals surface area contributed by atoms with Gasteiger partial charge in [0, 0.05) is 25.7 Å². The summed E-state index contributed by atoms with van der Waals surface area (Å²) in [6.07, 6.45) is 1.59. The maximum Gasteiger partial charge on any atom is 0.0588 e. The second-order valence-electron chi connectivity index (χ2n) is 4.62. The van der Waals surface area contributed by atoms with E-state index in [4.69, 9.17) is 10.5 Å². The Morgan fingerprint density at radius 3 is 2.64 bits per heavy atom. The quantitative estimate of drug-likeness (QED) is 0.695. The minimum Gasteiger partial charge on any atom is -0.378 e. The monoisotopic (exact) mass is 200 g/mol. The molecular weight excluding hydrogens is 176 g/mol. The van der Waals surface area contributed by atoms with Crippen LogP contribution in [0.1, 0.15) is 27.2 Å². The third-order valence-corrected chi connectivity index (χ3v) is 3.23. The molecule has 3 heteroatoms. The number of hydrogen-bond acceptors (Lipinski definition) is 3. The van der Waals surface area contributed by atoms with Gasteiger partial charge in [-0.05, 0) is 25.2 Å². The molecule has 1 fully saturated rings. The highest BCUT2D eigenvalue weighted by Crippen LogP contribution is 2.19. The van der Waals surface area contributed by atoms with Crippen molar-refractivity contribution in [3.8, 4) is 0 Å². The van der Waals surface area contributed by atoms with Crippen LogP contribution in [0.5, 0.6) is 0 Å². The highest BCUT2D eigenvalue weighted by atomic mass is 16.5. The van der Waals surface area contributed by atoms with E-state index in [2.05, 4.69) is 26.1 Å². The van der Waals surface area contributed by atoms with Crippen molar-refractivity contribution < 1.29 is 4.74 Å². The van der Waals surface area contributed by atoms with Gasteiger partial charge in [-0.2, -0.15) is 0 Å². The van der Waals surface area contributed by atoms with Crippen molar-refractivity contribution in [2.45, 2.75) is 39.3 Å². The highest BCUT2D eigenvalue weighted by molar-refractivity contribution is 4.78. The van der Waals surface area contributed by atoms with Crippen molar-refractivity contribution >= 4 is 0 Å². The second kappa shape index (κ2) is 5.69. The number of rotatable bonds is 5. The average Bonchev–Trinajstić information content (AvgIpc) is 2.52. The topological polar surface area (TPSA) is 47.3 Å². The normalized spacial score (nSPS) is 29.8. The minimum absolute atomic E-state index is 0.410. The van der Waals surface area contributed by atoms with Crippen LogP contribution in [0.3, 0.4) is 0 Å². The zero-order valence-electron chi connectivity index (χ0n) is 9.62. The number of nitrogens with two attached hydrogens (primary N) is 1. The van der Waals surface area contributed by atoms with Gasteiger partial charge < -0.3 is 15.8 Å². The molecule has 3 nitrogen and oxygen atoms in total. The third-order valence-electron chi connectivity index (χ3n) is 3.23. The Kier molecular flexibility index (Phi) is 4.85. The van der Waals surface area contributed by atoms with Crippen molar-refractivity contribution in [1.82, 2.24) is 5.32 Å². The van der Waals surface area contributed by atoms with Gasteiger partial charge in [-0.3, -0.25) is 0 Å². The summed E-state index contributed by atoms with van der Waals surface area (Å²) in [6, 6.07) is 0.447. The average molecular weight is 200 g/mol. The molecule has 0 saturated carbocycles. The van der Waals surface area contributed by atoms with Crippen molar-refractivity contribution in [2.75, 3.05) is 19.7 Å². The van der Waals surface area contributed by atoms with Crippen LogP contribution < -0.4 is 11.1 Å². The summed E-state index contributed by atoms with van der Waals surface area (Å²) >= 11 is 0. The maximum atomic E-state index is 5.70. The fourth-order valence-corrected chi connectivity index (χ4v) is 1.94. The fraction of sp³-hybridized carbons (Fsp3) is 1.00. The van der Waals surface area contributed by atoms with E-state index < -0.39 is 0 Å². The van der Waals surface area contributed by atoms with Crippen LogP contribution in [-0.2, 0) is 4.74 Å². The molecule has 1 aliphatic rings. The zero-order valence-corrected chi connectivity index (χ0v) is 9.62. The molecule has 0 aromatic carbocycles. The molecule has 0 bridgehead atoms. The summed E-state index contributed by atoms with van der Waals surface area (Å²) in [5.74, 6) is 1.28. The maximum absolute atomic E-state index is 5.70. The Hall–Kier alpha value is -0.120. The molecule has 3 unspecified atom stereocenters. The Morgan fingerprint density at radius 2 is 2.21 bits per heavy atom. The van der Waals surface area contributed by atoms with E-state index in [-0.39, 0.29) is 0 Å². The van der Waals surface area contributed by atoms with Gasteiger partial charge in [0.25, 0.3) is 0 Å². The lowest BCUT2D eigenvalue weighted by Crippen LogP contribution is -2.43. The molecule has 3 atom stereocenters. The van der Waals surface area contributed by atoms with Crippen molar-refractivity contribution in [3.63, 3.8) is 0 Å². The Labute approximate surface area is 87.4 Å². The predicted molar refractivity (Wildman–Crippen MR) is 59.2 cm³/mol. The van der Waals surface area contributed by atoms with Gasteiger partial charge in [0.1, 0.15) is 0 Å². The van der Waals surface area contributed by atoms with Crippen LogP contribution >= 0.6 is 0 Å². The molecular formula is C11H24N2O. The van der Waals surface area contributed by atoms with Crippen molar-refractivity contribution in [1.29, 1.82) is 0 Å². The van der Waals surface area contributed by atoms with E-state index >= 15 is 0 Å². The van der Waals surface area contributed by atoms with Gasteiger partial charge in [-0.15, -0.1) is 0 Å². The van der Waals surface area contributed by atoms with E-state index in [9.17, 15) is 0 Å². The van der Waals surface area contributed by atoms with Gasteiger partial charge >= 0.3 is 0 Å². The van der Waals surface area contributed by atoms with Crippen LogP contribution in [0.25, 0.3) is 0 Å². The number of hydrogen-bond donors (Lipinski definition) is 2. The second-order valence-corrected chi connectivity index (χ2v) is 4.62. The first kappa shape index (κ1) is 12.0. The van der Waals surface area contributed by atoms with Crippen LogP contribution in [-0.4, -0.2) is 31.8 Å².